The number of aliphatic imine (C=N–C) groups is 1. The number of thiazole rings is 1. The molecule has 2 heterocycles. The zero-order valence-corrected chi connectivity index (χ0v) is 16.4. The highest BCUT2D eigenvalue weighted by molar-refractivity contribution is 7.11. The van der Waals surface area contributed by atoms with E-state index in [1.165, 1.54) is 16.1 Å². The number of rotatable bonds is 7. The Bertz CT molecular complexity index is 757. The molecule has 0 saturated heterocycles. The summed E-state index contributed by atoms with van der Waals surface area (Å²) in [5, 5.41) is 7.78. The first-order valence-corrected chi connectivity index (χ1v) is 10.0. The fourth-order valence-corrected chi connectivity index (χ4v) is 3.61. The van der Waals surface area contributed by atoms with Crippen LogP contribution in [0.25, 0.3) is 0 Å². The summed E-state index contributed by atoms with van der Waals surface area (Å²) in [5.41, 5.74) is 2.48. The van der Waals surface area contributed by atoms with Crippen molar-refractivity contribution < 1.29 is 0 Å². The number of nitrogens with one attached hydrogen (secondary N) is 2. The number of hydrogen-bond acceptors (Lipinski definition) is 4. The van der Waals surface area contributed by atoms with E-state index < -0.39 is 0 Å². The number of hydrogen-bond donors (Lipinski definition) is 2. The fraction of sp³-hybridized carbons (Fsp3) is 0.400. The van der Waals surface area contributed by atoms with E-state index in [2.05, 4.69) is 70.8 Å². The van der Waals surface area contributed by atoms with Crippen molar-refractivity contribution in [3.8, 4) is 0 Å². The Morgan fingerprint density at radius 3 is 2.81 bits per heavy atom. The Balaban J connectivity index is 1.60. The van der Waals surface area contributed by atoms with E-state index in [-0.39, 0.29) is 0 Å². The largest absolute Gasteiger partial charge is 0.364 e. The van der Waals surface area contributed by atoms with Gasteiger partial charge in [-0.2, -0.15) is 0 Å². The van der Waals surface area contributed by atoms with Gasteiger partial charge in [-0.15, -0.1) is 11.3 Å². The first-order chi connectivity index (χ1) is 12.8. The van der Waals surface area contributed by atoms with Gasteiger partial charge < -0.3 is 15.5 Å². The smallest absolute Gasteiger partial charge is 0.191 e. The Morgan fingerprint density at radius 2 is 2.08 bits per heavy atom. The Labute approximate surface area is 159 Å². The Morgan fingerprint density at radius 1 is 1.23 bits per heavy atom. The minimum Gasteiger partial charge on any atom is -0.364 e. The molecule has 2 N–H and O–H groups in total. The van der Waals surface area contributed by atoms with Gasteiger partial charge in [-0.1, -0.05) is 31.2 Å². The maximum Gasteiger partial charge on any atom is 0.191 e. The van der Waals surface area contributed by atoms with Crippen LogP contribution in [0.1, 0.15) is 29.3 Å². The van der Waals surface area contributed by atoms with Crippen LogP contribution in [0.3, 0.4) is 0 Å². The summed E-state index contributed by atoms with van der Waals surface area (Å²) in [6.45, 7) is 8.41. The van der Waals surface area contributed by atoms with Gasteiger partial charge in [0.1, 0.15) is 5.01 Å². The van der Waals surface area contributed by atoms with Gasteiger partial charge in [0.05, 0.1) is 13.1 Å². The maximum atomic E-state index is 4.73. The van der Waals surface area contributed by atoms with Crippen LogP contribution in [-0.2, 0) is 19.5 Å². The highest BCUT2D eigenvalue weighted by atomic mass is 32.1. The predicted octanol–water partition coefficient (Wildman–Crippen LogP) is 3.34. The van der Waals surface area contributed by atoms with Gasteiger partial charge in [-0.3, -0.25) is 0 Å². The van der Waals surface area contributed by atoms with Crippen molar-refractivity contribution in [1.29, 1.82) is 0 Å². The van der Waals surface area contributed by atoms with Gasteiger partial charge in [0, 0.05) is 36.4 Å². The molecule has 0 amide bonds. The second-order valence-electron chi connectivity index (χ2n) is 6.17. The van der Waals surface area contributed by atoms with Gasteiger partial charge >= 0.3 is 0 Å². The highest BCUT2D eigenvalue weighted by Gasteiger charge is 2.08. The molecule has 1 aromatic carbocycles. The highest BCUT2D eigenvalue weighted by Crippen LogP contribution is 2.19. The van der Waals surface area contributed by atoms with Crippen LogP contribution >= 0.6 is 11.3 Å². The quantitative estimate of drug-likeness (QED) is 0.446. The second kappa shape index (κ2) is 9.38. The molecular formula is C20H27N5S. The van der Waals surface area contributed by atoms with Crippen LogP contribution < -0.4 is 15.5 Å². The third-order valence-electron chi connectivity index (χ3n) is 4.21. The molecule has 0 atom stereocenters. The SMILES string of the molecule is CCNC(=NCc1cccc(N2CC=CC2)c1)NCc1ncc(CC)s1. The van der Waals surface area contributed by atoms with Crippen molar-refractivity contribution in [2.75, 3.05) is 24.5 Å². The summed E-state index contributed by atoms with van der Waals surface area (Å²) < 4.78 is 0. The van der Waals surface area contributed by atoms with Crippen molar-refractivity contribution in [2.24, 2.45) is 4.99 Å². The van der Waals surface area contributed by atoms with E-state index in [0.717, 1.165) is 37.0 Å². The van der Waals surface area contributed by atoms with Crippen LogP contribution in [0.5, 0.6) is 0 Å². The van der Waals surface area contributed by atoms with Crippen molar-refractivity contribution >= 4 is 23.0 Å². The monoisotopic (exact) mass is 369 g/mol. The first-order valence-electron chi connectivity index (χ1n) is 9.23. The topological polar surface area (TPSA) is 52.6 Å². The molecule has 0 saturated carbocycles. The molecular weight excluding hydrogens is 342 g/mol. The standard InChI is InChI=1S/C20H27N5S/c1-3-18-14-22-19(26-18)15-24-20(21-4-2)23-13-16-8-7-9-17(12-16)25-10-5-6-11-25/h5-9,12,14H,3-4,10-11,13,15H2,1-2H3,(H2,21,23,24). The van der Waals surface area contributed by atoms with Crippen LogP contribution in [0, 0.1) is 0 Å². The molecule has 0 fully saturated rings. The normalized spacial score (nSPS) is 14.1. The van der Waals surface area contributed by atoms with Crippen LogP contribution in [0.4, 0.5) is 5.69 Å². The van der Waals surface area contributed by atoms with E-state index in [1.807, 2.05) is 6.20 Å². The van der Waals surface area contributed by atoms with E-state index in [1.54, 1.807) is 11.3 Å². The van der Waals surface area contributed by atoms with E-state index in [4.69, 9.17) is 4.99 Å². The number of anilines is 1. The Hall–Kier alpha value is -2.34. The molecule has 3 rings (SSSR count). The molecule has 26 heavy (non-hydrogen) atoms. The lowest BCUT2D eigenvalue weighted by atomic mass is 10.2. The number of aryl methyl sites for hydroxylation is 1. The van der Waals surface area contributed by atoms with Crippen LogP contribution in [0.2, 0.25) is 0 Å². The molecule has 1 aliphatic rings. The minimum absolute atomic E-state index is 0.655. The average Bonchev–Trinajstić information content (AvgIpc) is 3.36. The van der Waals surface area contributed by atoms with Crippen molar-refractivity contribution in [2.45, 2.75) is 33.4 Å². The van der Waals surface area contributed by atoms with Crippen LogP contribution in [0.15, 0.2) is 47.6 Å². The predicted molar refractivity (Wildman–Crippen MR) is 111 cm³/mol. The van der Waals surface area contributed by atoms with Crippen molar-refractivity contribution in [3.63, 3.8) is 0 Å². The lowest BCUT2D eigenvalue weighted by Crippen LogP contribution is -2.36. The van der Waals surface area contributed by atoms with E-state index in [0.29, 0.717) is 13.1 Å². The Kier molecular flexibility index (Phi) is 6.66. The molecule has 5 nitrogen and oxygen atoms in total. The molecule has 0 radical (unpaired) electrons. The lowest BCUT2D eigenvalue weighted by molar-refractivity contribution is 0.811. The summed E-state index contributed by atoms with van der Waals surface area (Å²) in [5.74, 6) is 0.828. The minimum atomic E-state index is 0.655. The van der Waals surface area contributed by atoms with Gasteiger partial charge in [-0.25, -0.2) is 9.98 Å². The number of benzene rings is 1. The number of aromatic nitrogens is 1. The van der Waals surface area contributed by atoms with Gasteiger partial charge in [0.25, 0.3) is 0 Å². The van der Waals surface area contributed by atoms with Crippen molar-refractivity contribution in [1.82, 2.24) is 15.6 Å². The second-order valence-corrected chi connectivity index (χ2v) is 7.37. The lowest BCUT2D eigenvalue weighted by Gasteiger charge is -2.18. The van der Waals surface area contributed by atoms with Gasteiger partial charge in [0.15, 0.2) is 5.96 Å². The summed E-state index contributed by atoms with van der Waals surface area (Å²) >= 11 is 1.76. The molecule has 0 unspecified atom stereocenters. The van der Waals surface area contributed by atoms with Crippen LogP contribution in [-0.4, -0.2) is 30.6 Å². The third-order valence-corrected chi connectivity index (χ3v) is 5.36. The molecule has 1 aliphatic heterocycles. The fourth-order valence-electron chi connectivity index (χ4n) is 2.81. The average molecular weight is 370 g/mol. The summed E-state index contributed by atoms with van der Waals surface area (Å²) in [7, 11) is 0. The van der Waals surface area contributed by atoms with E-state index in [9.17, 15) is 0 Å². The molecule has 0 spiro atoms. The molecule has 0 aliphatic carbocycles. The number of guanidine groups is 1. The van der Waals surface area contributed by atoms with Crippen molar-refractivity contribution in [3.05, 3.63) is 58.1 Å². The molecule has 138 valence electrons. The molecule has 0 bridgehead atoms. The third kappa shape index (κ3) is 5.08. The molecule has 6 heteroatoms. The summed E-state index contributed by atoms with van der Waals surface area (Å²) in [4.78, 5) is 12.9. The number of nitrogens with zero attached hydrogens (tertiary/aromatic N) is 3. The van der Waals surface area contributed by atoms with E-state index >= 15 is 0 Å². The van der Waals surface area contributed by atoms with Gasteiger partial charge in [-0.05, 0) is 31.0 Å². The zero-order chi connectivity index (χ0) is 18.2. The zero-order valence-electron chi connectivity index (χ0n) is 15.5. The molecule has 2 aromatic rings. The van der Waals surface area contributed by atoms with Gasteiger partial charge in [0.2, 0.25) is 0 Å². The maximum absolute atomic E-state index is 4.73. The summed E-state index contributed by atoms with van der Waals surface area (Å²) in [6.07, 6.45) is 7.42. The summed E-state index contributed by atoms with van der Waals surface area (Å²) in [6, 6.07) is 8.64. The first kappa shape index (κ1) is 18.5. The molecule has 1 aromatic heterocycles.